The zero-order valence-electron chi connectivity index (χ0n) is 12.2. The van der Waals surface area contributed by atoms with Crippen molar-refractivity contribution in [3.8, 4) is 0 Å². The first kappa shape index (κ1) is 14.2. The molecule has 2 nitrogen and oxygen atoms in total. The number of nitrogens with zero attached hydrogens (tertiary/aromatic N) is 1. The van der Waals surface area contributed by atoms with Crippen molar-refractivity contribution in [2.24, 2.45) is 0 Å². The van der Waals surface area contributed by atoms with Gasteiger partial charge in [0.1, 0.15) is 5.15 Å². The molecule has 0 saturated heterocycles. The highest BCUT2D eigenvalue weighted by atomic mass is 35.5. The molecular formula is C18H18ClNO. The maximum atomic E-state index is 9.66. The van der Waals surface area contributed by atoms with Gasteiger partial charge < -0.3 is 9.67 Å². The van der Waals surface area contributed by atoms with Crippen LogP contribution < -0.4 is 0 Å². The van der Waals surface area contributed by atoms with Gasteiger partial charge in [-0.15, -0.1) is 0 Å². The van der Waals surface area contributed by atoms with Crippen molar-refractivity contribution in [2.75, 3.05) is 0 Å². The van der Waals surface area contributed by atoms with Crippen molar-refractivity contribution < 1.29 is 5.11 Å². The third-order valence-corrected chi connectivity index (χ3v) is 4.56. The lowest BCUT2D eigenvalue weighted by atomic mass is 10.0. The quantitative estimate of drug-likeness (QED) is 0.759. The fourth-order valence-electron chi connectivity index (χ4n) is 2.83. The Balaban J connectivity index is 2.26. The first-order chi connectivity index (χ1) is 10.1. The Bertz CT molecular complexity index is 790. The molecule has 108 valence electrons. The van der Waals surface area contributed by atoms with Gasteiger partial charge in [0.15, 0.2) is 0 Å². The highest BCUT2D eigenvalue weighted by molar-refractivity contribution is 6.32. The molecule has 1 aromatic heterocycles. The Morgan fingerprint density at radius 2 is 1.76 bits per heavy atom. The van der Waals surface area contributed by atoms with Gasteiger partial charge in [0.05, 0.1) is 12.1 Å². The van der Waals surface area contributed by atoms with E-state index in [-0.39, 0.29) is 6.61 Å². The summed E-state index contributed by atoms with van der Waals surface area (Å²) in [5, 5.41) is 11.3. The van der Waals surface area contributed by atoms with E-state index in [0.29, 0.717) is 11.7 Å². The molecule has 21 heavy (non-hydrogen) atoms. The van der Waals surface area contributed by atoms with Crippen LogP contribution in [0.2, 0.25) is 5.15 Å². The average Bonchev–Trinajstić information content (AvgIpc) is 2.77. The fourth-order valence-corrected chi connectivity index (χ4v) is 3.14. The normalized spacial score (nSPS) is 11.2. The standard InChI is InChI=1S/C18H18ClNO/c1-12-8-9-15-16(11-21)18(19)20(17(15)13(12)2)10-14-6-4-3-5-7-14/h3-9,21H,10-11H2,1-2H3. The molecule has 1 heterocycles. The summed E-state index contributed by atoms with van der Waals surface area (Å²) in [6.07, 6.45) is 0. The van der Waals surface area contributed by atoms with Crippen LogP contribution in [0.1, 0.15) is 22.3 Å². The van der Waals surface area contributed by atoms with Gasteiger partial charge >= 0.3 is 0 Å². The number of aliphatic hydroxyl groups excluding tert-OH is 1. The molecule has 0 aliphatic carbocycles. The minimum Gasteiger partial charge on any atom is -0.392 e. The van der Waals surface area contributed by atoms with E-state index in [1.165, 1.54) is 16.7 Å². The van der Waals surface area contributed by atoms with Crippen molar-refractivity contribution in [3.63, 3.8) is 0 Å². The molecule has 3 heteroatoms. The van der Waals surface area contributed by atoms with Gasteiger partial charge in [-0.25, -0.2) is 0 Å². The van der Waals surface area contributed by atoms with Gasteiger partial charge in [-0.2, -0.15) is 0 Å². The van der Waals surface area contributed by atoms with Crippen molar-refractivity contribution in [3.05, 3.63) is 69.9 Å². The monoisotopic (exact) mass is 299 g/mol. The molecule has 3 aromatic rings. The molecule has 0 fully saturated rings. The maximum absolute atomic E-state index is 9.66. The predicted octanol–water partition coefficient (Wildman–Crippen LogP) is 4.45. The molecule has 0 aliphatic rings. The number of hydrogen-bond donors (Lipinski definition) is 1. The van der Waals surface area contributed by atoms with Crippen LogP contribution in [0, 0.1) is 13.8 Å². The molecule has 0 unspecified atom stereocenters. The summed E-state index contributed by atoms with van der Waals surface area (Å²) in [4.78, 5) is 0. The molecule has 0 aliphatic heterocycles. The maximum Gasteiger partial charge on any atom is 0.115 e. The van der Waals surface area contributed by atoms with Crippen LogP contribution in [-0.4, -0.2) is 9.67 Å². The van der Waals surface area contributed by atoms with E-state index in [1.54, 1.807) is 0 Å². The molecule has 0 atom stereocenters. The van der Waals surface area contributed by atoms with E-state index in [4.69, 9.17) is 11.6 Å². The van der Waals surface area contributed by atoms with Gasteiger partial charge in [0, 0.05) is 17.5 Å². The minimum atomic E-state index is -0.0420. The second-order valence-corrected chi connectivity index (χ2v) is 5.76. The lowest BCUT2D eigenvalue weighted by Crippen LogP contribution is -2.01. The van der Waals surface area contributed by atoms with Crippen molar-refractivity contribution >= 4 is 22.5 Å². The van der Waals surface area contributed by atoms with Gasteiger partial charge in [-0.05, 0) is 30.5 Å². The van der Waals surface area contributed by atoms with E-state index in [2.05, 4.69) is 42.7 Å². The Morgan fingerprint density at radius 3 is 2.43 bits per heavy atom. The number of aromatic nitrogens is 1. The number of benzene rings is 2. The SMILES string of the molecule is Cc1ccc2c(CO)c(Cl)n(Cc3ccccc3)c2c1C. The van der Waals surface area contributed by atoms with Gasteiger partial charge in [0.25, 0.3) is 0 Å². The molecule has 0 radical (unpaired) electrons. The smallest absolute Gasteiger partial charge is 0.115 e. The van der Waals surface area contributed by atoms with Crippen LogP contribution in [-0.2, 0) is 13.2 Å². The van der Waals surface area contributed by atoms with Crippen molar-refractivity contribution in [1.29, 1.82) is 0 Å². The third-order valence-electron chi connectivity index (χ3n) is 4.12. The summed E-state index contributed by atoms with van der Waals surface area (Å²) >= 11 is 6.53. The van der Waals surface area contributed by atoms with E-state index in [9.17, 15) is 5.11 Å². The van der Waals surface area contributed by atoms with Crippen molar-refractivity contribution in [1.82, 2.24) is 4.57 Å². The topological polar surface area (TPSA) is 25.2 Å². The van der Waals surface area contributed by atoms with E-state index in [1.807, 2.05) is 18.2 Å². The molecule has 3 rings (SSSR count). The predicted molar refractivity (Wildman–Crippen MR) is 87.9 cm³/mol. The van der Waals surface area contributed by atoms with E-state index in [0.717, 1.165) is 16.5 Å². The van der Waals surface area contributed by atoms with Crippen molar-refractivity contribution in [2.45, 2.75) is 27.0 Å². The zero-order chi connectivity index (χ0) is 15.0. The number of hydrogen-bond acceptors (Lipinski definition) is 1. The minimum absolute atomic E-state index is 0.0420. The Kier molecular flexibility index (Phi) is 3.75. The number of halogens is 1. The lowest BCUT2D eigenvalue weighted by molar-refractivity contribution is 0.283. The molecule has 2 aromatic carbocycles. The number of aliphatic hydroxyl groups is 1. The Labute approximate surface area is 129 Å². The van der Waals surface area contributed by atoms with Gasteiger partial charge in [-0.3, -0.25) is 0 Å². The van der Waals surface area contributed by atoms with Crippen LogP contribution in [0.25, 0.3) is 10.9 Å². The van der Waals surface area contributed by atoms with Crippen LogP contribution >= 0.6 is 11.6 Å². The zero-order valence-corrected chi connectivity index (χ0v) is 13.0. The van der Waals surface area contributed by atoms with Crippen LogP contribution in [0.4, 0.5) is 0 Å². The highest BCUT2D eigenvalue weighted by Gasteiger charge is 2.17. The van der Waals surface area contributed by atoms with Crippen LogP contribution in [0.3, 0.4) is 0 Å². The molecule has 0 amide bonds. The number of rotatable bonds is 3. The Morgan fingerprint density at radius 1 is 1.05 bits per heavy atom. The largest absolute Gasteiger partial charge is 0.392 e. The van der Waals surface area contributed by atoms with Gasteiger partial charge in [-0.1, -0.05) is 54.1 Å². The molecule has 0 saturated carbocycles. The summed E-state index contributed by atoms with van der Waals surface area (Å²) in [7, 11) is 0. The van der Waals surface area contributed by atoms with Crippen LogP contribution in [0.5, 0.6) is 0 Å². The van der Waals surface area contributed by atoms with E-state index < -0.39 is 0 Å². The molecular weight excluding hydrogens is 282 g/mol. The van der Waals surface area contributed by atoms with Crippen LogP contribution in [0.15, 0.2) is 42.5 Å². The highest BCUT2D eigenvalue weighted by Crippen LogP contribution is 2.34. The summed E-state index contributed by atoms with van der Waals surface area (Å²) in [5.41, 5.74) is 5.57. The summed E-state index contributed by atoms with van der Waals surface area (Å²) < 4.78 is 2.10. The summed E-state index contributed by atoms with van der Waals surface area (Å²) in [5.74, 6) is 0. The fraction of sp³-hybridized carbons (Fsp3) is 0.222. The second-order valence-electron chi connectivity index (χ2n) is 5.40. The third kappa shape index (κ3) is 2.35. The Hall–Kier alpha value is -1.77. The first-order valence-corrected chi connectivity index (χ1v) is 7.43. The van der Waals surface area contributed by atoms with E-state index >= 15 is 0 Å². The average molecular weight is 300 g/mol. The molecule has 0 bridgehead atoms. The number of aryl methyl sites for hydroxylation is 2. The second kappa shape index (κ2) is 5.55. The summed E-state index contributed by atoms with van der Waals surface area (Å²) in [6.45, 7) is 4.87. The number of fused-ring (bicyclic) bond motifs is 1. The van der Waals surface area contributed by atoms with Gasteiger partial charge in [0.2, 0.25) is 0 Å². The molecule has 0 spiro atoms. The lowest BCUT2D eigenvalue weighted by Gasteiger charge is -2.10. The first-order valence-electron chi connectivity index (χ1n) is 7.05. The summed E-state index contributed by atoms with van der Waals surface area (Å²) in [6, 6.07) is 14.4. The molecule has 1 N–H and O–H groups in total.